The fourth-order valence-electron chi connectivity index (χ4n) is 2.04. The first-order valence-electron chi connectivity index (χ1n) is 6.35. The summed E-state index contributed by atoms with van der Waals surface area (Å²) >= 11 is 0. The highest BCUT2D eigenvalue weighted by molar-refractivity contribution is 5.58. The molecule has 1 fully saturated rings. The van der Waals surface area contributed by atoms with Crippen LogP contribution in [-0.4, -0.2) is 28.3 Å². The van der Waals surface area contributed by atoms with E-state index in [4.69, 9.17) is 4.74 Å². The molecule has 0 aliphatic heterocycles. The second kappa shape index (κ2) is 5.44. The summed E-state index contributed by atoms with van der Waals surface area (Å²) in [5, 5.41) is 23.4. The van der Waals surface area contributed by atoms with E-state index in [0.29, 0.717) is 12.8 Å². The van der Waals surface area contributed by atoms with E-state index in [1.54, 1.807) is 12.1 Å². The molecule has 1 aromatic rings. The van der Waals surface area contributed by atoms with E-state index in [0.717, 1.165) is 5.69 Å². The lowest BCUT2D eigenvalue weighted by Gasteiger charge is -2.32. The van der Waals surface area contributed by atoms with Crippen LogP contribution in [0.25, 0.3) is 0 Å². The van der Waals surface area contributed by atoms with Crippen LogP contribution in [0.3, 0.4) is 0 Å². The fraction of sp³-hybridized carbons (Fsp3) is 0.538. The van der Waals surface area contributed by atoms with Gasteiger partial charge < -0.3 is 15.2 Å². The minimum absolute atomic E-state index is 0.0344. The maximum atomic E-state index is 10.9. The Morgan fingerprint density at radius 1 is 1.47 bits per heavy atom. The molecule has 6 nitrogen and oxygen atoms in total. The molecule has 0 saturated heterocycles. The maximum Gasteiger partial charge on any atom is 0.311 e. The van der Waals surface area contributed by atoms with Gasteiger partial charge in [0, 0.05) is 23.9 Å². The van der Waals surface area contributed by atoms with Gasteiger partial charge in [-0.25, -0.2) is 0 Å². The minimum atomic E-state index is -0.450. The highest BCUT2D eigenvalue weighted by Gasteiger charge is 2.27. The van der Waals surface area contributed by atoms with E-state index >= 15 is 0 Å². The molecule has 0 bridgehead atoms. The van der Waals surface area contributed by atoms with Gasteiger partial charge in [0.05, 0.1) is 17.1 Å². The normalized spacial score (nSPS) is 21.9. The summed E-state index contributed by atoms with van der Waals surface area (Å²) in [5.74, 6) is 0.268. The quantitative estimate of drug-likeness (QED) is 0.631. The molecule has 0 unspecified atom stereocenters. The molecule has 0 amide bonds. The first-order chi connectivity index (χ1) is 8.95. The Balaban J connectivity index is 2.14. The van der Waals surface area contributed by atoms with Crippen LogP contribution < -0.4 is 10.1 Å². The van der Waals surface area contributed by atoms with E-state index in [9.17, 15) is 15.2 Å². The summed E-state index contributed by atoms with van der Waals surface area (Å²) in [5.41, 5.74) is 0.742. The number of anilines is 1. The lowest BCUT2D eigenvalue weighted by Crippen LogP contribution is -2.38. The lowest BCUT2D eigenvalue weighted by atomic mass is 9.89. The van der Waals surface area contributed by atoms with Gasteiger partial charge >= 0.3 is 5.69 Å². The van der Waals surface area contributed by atoms with Crippen molar-refractivity contribution in [2.75, 3.05) is 5.32 Å². The predicted octanol–water partition coefficient (Wildman–Crippen LogP) is 2.32. The number of nitrogens with one attached hydrogen (secondary N) is 1. The Hall–Kier alpha value is -1.82. The van der Waals surface area contributed by atoms with Gasteiger partial charge in [-0.2, -0.15) is 0 Å². The van der Waals surface area contributed by atoms with E-state index in [1.807, 2.05) is 13.8 Å². The number of rotatable bonds is 5. The summed E-state index contributed by atoms with van der Waals surface area (Å²) in [6.07, 6.45) is 1.05. The standard InChI is InChI=1S/C13H18N2O4/c1-8(2)19-13-7-9(3-4-12(13)15(17)18)14-10-5-11(16)6-10/h3-4,7-8,10-11,14,16H,5-6H2,1-2H3. The summed E-state index contributed by atoms with van der Waals surface area (Å²) in [6.45, 7) is 3.65. The van der Waals surface area contributed by atoms with Crippen molar-refractivity contribution in [3.05, 3.63) is 28.3 Å². The van der Waals surface area contributed by atoms with Gasteiger partial charge in [-0.3, -0.25) is 10.1 Å². The molecule has 1 aliphatic carbocycles. The Bertz CT molecular complexity index is 470. The SMILES string of the molecule is CC(C)Oc1cc(NC2CC(O)C2)ccc1[N+](=O)[O-]. The van der Waals surface area contributed by atoms with Crippen molar-refractivity contribution in [1.82, 2.24) is 0 Å². The Labute approximate surface area is 111 Å². The fourth-order valence-corrected chi connectivity index (χ4v) is 2.04. The predicted molar refractivity (Wildman–Crippen MR) is 71.5 cm³/mol. The van der Waals surface area contributed by atoms with Gasteiger partial charge in [-0.05, 0) is 32.8 Å². The van der Waals surface area contributed by atoms with Crippen molar-refractivity contribution >= 4 is 11.4 Å². The first kappa shape index (κ1) is 13.6. The van der Waals surface area contributed by atoms with Gasteiger partial charge in [0.2, 0.25) is 0 Å². The van der Waals surface area contributed by atoms with Crippen molar-refractivity contribution < 1.29 is 14.8 Å². The van der Waals surface area contributed by atoms with Crippen LogP contribution in [0.2, 0.25) is 0 Å². The molecule has 6 heteroatoms. The average Bonchev–Trinajstić information content (AvgIpc) is 2.26. The number of aliphatic hydroxyl groups is 1. The third-order valence-electron chi connectivity index (χ3n) is 3.00. The monoisotopic (exact) mass is 266 g/mol. The second-order valence-corrected chi connectivity index (χ2v) is 5.07. The number of nitro benzene ring substituents is 1. The number of hydrogen-bond donors (Lipinski definition) is 2. The molecular formula is C13H18N2O4. The Morgan fingerprint density at radius 3 is 2.68 bits per heavy atom. The molecule has 0 aromatic heterocycles. The molecule has 104 valence electrons. The highest BCUT2D eigenvalue weighted by atomic mass is 16.6. The number of ether oxygens (including phenoxy) is 1. The van der Waals surface area contributed by atoms with Gasteiger partial charge in [0.25, 0.3) is 0 Å². The highest BCUT2D eigenvalue weighted by Crippen LogP contribution is 2.32. The third-order valence-corrected chi connectivity index (χ3v) is 3.00. The largest absolute Gasteiger partial charge is 0.484 e. The molecular weight excluding hydrogens is 248 g/mol. The second-order valence-electron chi connectivity index (χ2n) is 5.07. The van der Waals surface area contributed by atoms with Crippen molar-refractivity contribution in [3.63, 3.8) is 0 Å². The molecule has 2 rings (SSSR count). The summed E-state index contributed by atoms with van der Waals surface area (Å²) in [6, 6.07) is 4.97. The molecule has 0 atom stereocenters. The van der Waals surface area contributed by atoms with Crippen molar-refractivity contribution in [1.29, 1.82) is 0 Å². The molecule has 19 heavy (non-hydrogen) atoms. The minimum Gasteiger partial charge on any atom is -0.484 e. The number of aliphatic hydroxyl groups excluding tert-OH is 1. The van der Waals surface area contributed by atoms with Gasteiger partial charge in [0.15, 0.2) is 5.75 Å². The zero-order chi connectivity index (χ0) is 14.0. The van der Waals surface area contributed by atoms with Crippen LogP contribution in [-0.2, 0) is 0 Å². The summed E-state index contributed by atoms with van der Waals surface area (Å²) in [4.78, 5) is 10.5. The summed E-state index contributed by atoms with van der Waals surface area (Å²) in [7, 11) is 0. The third kappa shape index (κ3) is 3.35. The molecule has 0 heterocycles. The maximum absolute atomic E-state index is 10.9. The number of benzene rings is 1. The summed E-state index contributed by atoms with van der Waals surface area (Å²) < 4.78 is 5.47. The molecule has 1 aromatic carbocycles. The first-order valence-corrected chi connectivity index (χ1v) is 6.35. The van der Waals surface area contributed by atoms with Crippen molar-refractivity contribution in [3.8, 4) is 5.75 Å². The van der Waals surface area contributed by atoms with E-state index in [2.05, 4.69) is 5.32 Å². The number of hydrogen-bond acceptors (Lipinski definition) is 5. The van der Waals surface area contributed by atoms with Crippen molar-refractivity contribution in [2.24, 2.45) is 0 Å². The van der Waals surface area contributed by atoms with Crippen LogP contribution in [0.5, 0.6) is 5.75 Å². The Kier molecular flexibility index (Phi) is 3.90. The Morgan fingerprint density at radius 2 is 2.16 bits per heavy atom. The topological polar surface area (TPSA) is 84.6 Å². The lowest BCUT2D eigenvalue weighted by molar-refractivity contribution is -0.386. The van der Waals surface area contributed by atoms with Crippen LogP contribution in [0.4, 0.5) is 11.4 Å². The molecule has 1 saturated carbocycles. The average molecular weight is 266 g/mol. The van der Waals surface area contributed by atoms with Crippen LogP contribution in [0.1, 0.15) is 26.7 Å². The number of nitrogens with zero attached hydrogens (tertiary/aromatic N) is 1. The molecule has 0 radical (unpaired) electrons. The molecule has 0 spiro atoms. The van der Waals surface area contributed by atoms with E-state index in [-0.39, 0.29) is 29.7 Å². The van der Waals surface area contributed by atoms with Gasteiger partial charge in [-0.15, -0.1) is 0 Å². The smallest absolute Gasteiger partial charge is 0.311 e. The van der Waals surface area contributed by atoms with Crippen LogP contribution in [0.15, 0.2) is 18.2 Å². The van der Waals surface area contributed by atoms with Crippen molar-refractivity contribution in [2.45, 2.75) is 44.9 Å². The van der Waals surface area contributed by atoms with E-state index in [1.165, 1.54) is 6.07 Å². The van der Waals surface area contributed by atoms with Gasteiger partial charge in [0.1, 0.15) is 0 Å². The van der Waals surface area contributed by atoms with Crippen LogP contribution >= 0.6 is 0 Å². The molecule has 2 N–H and O–H groups in total. The number of nitro groups is 1. The van der Waals surface area contributed by atoms with Gasteiger partial charge in [-0.1, -0.05) is 0 Å². The molecule has 1 aliphatic rings. The van der Waals surface area contributed by atoms with Crippen LogP contribution in [0, 0.1) is 10.1 Å². The zero-order valence-electron chi connectivity index (χ0n) is 11.0. The zero-order valence-corrected chi connectivity index (χ0v) is 11.0. The van der Waals surface area contributed by atoms with E-state index < -0.39 is 4.92 Å².